The molecule has 112 valence electrons. The van der Waals surface area contributed by atoms with Gasteiger partial charge in [-0.05, 0) is 0 Å². The number of aromatic nitrogens is 4. The predicted octanol–water partition coefficient (Wildman–Crippen LogP) is 1.18. The zero-order valence-electron chi connectivity index (χ0n) is 10.4. The Balaban J connectivity index is 1.78. The number of hydrogen-bond acceptors (Lipinski definition) is 6. The first-order valence-electron chi connectivity index (χ1n) is 5.94. The minimum Gasteiger partial charge on any atom is -0.312 e. The molecule has 0 bridgehead atoms. The van der Waals surface area contributed by atoms with Crippen molar-refractivity contribution in [3.63, 3.8) is 0 Å². The molecule has 7 nitrogen and oxygen atoms in total. The van der Waals surface area contributed by atoms with E-state index >= 15 is 0 Å². The number of anilines is 1. The zero-order chi connectivity index (χ0) is 15.0. The Morgan fingerprint density at radius 3 is 2.86 bits per heavy atom. The lowest BCUT2D eigenvalue weighted by Crippen LogP contribution is -2.25. The molecule has 0 spiro atoms. The smallest absolute Gasteiger partial charge is 0.312 e. The van der Waals surface area contributed by atoms with Gasteiger partial charge in [-0.1, -0.05) is 11.3 Å². The van der Waals surface area contributed by atoms with E-state index in [1.807, 2.05) is 0 Å². The molecule has 11 heteroatoms. The Hall–Kier alpha value is -2.01. The molecule has 0 fully saturated rings. The van der Waals surface area contributed by atoms with Crippen LogP contribution in [0, 0.1) is 0 Å². The van der Waals surface area contributed by atoms with E-state index in [4.69, 9.17) is 0 Å². The van der Waals surface area contributed by atoms with Crippen LogP contribution in [0.5, 0.6) is 0 Å². The van der Waals surface area contributed by atoms with Crippen molar-refractivity contribution in [3.8, 4) is 0 Å². The quantitative estimate of drug-likeness (QED) is 0.773. The molecule has 2 aromatic heterocycles. The fourth-order valence-corrected chi connectivity index (χ4v) is 2.56. The number of H-pyrrole nitrogens is 1. The Morgan fingerprint density at radius 1 is 1.33 bits per heavy atom. The lowest BCUT2D eigenvalue weighted by molar-refractivity contribution is -0.138. The Kier molecular flexibility index (Phi) is 3.37. The minimum absolute atomic E-state index is 0.154. The van der Waals surface area contributed by atoms with Crippen LogP contribution >= 0.6 is 11.3 Å². The van der Waals surface area contributed by atoms with Crippen LogP contribution in [0.15, 0.2) is 0 Å². The van der Waals surface area contributed by atoms with Crippen molar-refractivity contribution in [1.82, 2.24) is 25.7 Å². The van der Waals surface area contributed by atoms with Gasteiger partial charge < -0.3 is 5.32 Å². The molecule has 1 amide bonds. The summed E-state index contributed by atoms with van der Waals surface area (Å²) in [5.74, 6) is -0.610. The molecule has 1 aliphatic heterocycles. The number of hydrogen-bond donors (Lipinski definition) is 3. The van der Waals surface area contributed by atoms with Crippen LogP contribution in [-0.4, -0.2) is 32.8 Å². The van der Waals surface area contributed by atoms with Gasteiger partial charge in [0.15, 0.2) is 5.69 Å². The third-order valence-electron chi connectivity index (χ3n) is 2.91. The first kappa shape index (κ1) is 13.9. The number of carbonyl (C=O) groups excluding carboxylic acids is 1. The summed E-state index contributed by atoms with van der Waals surface area (Å²) in [7, 11) is 0. The van der Waals surface area contributed by atoms with E-state index in [1.165, 1.54) is 0 Å². The second-order valence-corrected chi connectivity index (χ2v) is 5.30. The number of alkyl halides is 3. The van der Waals surface area contributed by atoms with Crippen molar-refractivity contribution in [2.75, 3.05) is 11.9 Å². The summed E-state index contributed by atoms with van der Waals surface area (Å²) in [6, 6.07) is 0. The molecule has 0 aliphatic carbocycles. The fourth-order valence-electron chi connectivity index (χ4n) is 1.96. The summed E-state index contributed by atoms with van der Waals surface area (Å²) in [5.41, 5.74) is 1.73. The third kappa shape index (κ3) is 2.74. The van der Waals surface area contributed by atoms with Gasteiger partial charge in [-0.15, -0.1) is 10.2 Å². The molecule has 1 aliphatic rings. The third-order valence-corrected chi connectivity index (χ3v) is 3.79. The molecule has 0 atom stereocenters. The molecule has 0 radical (unpaired) electrons. The average Bonchev–Trinajstić information content (AvgIpc) is 3.03. The first-order valence-corrected chi connectivity index (χ1v) is 6.75. The maximum absolute atomic E-state index is 12.4. The number of aromatic amines is 1. The number of halogens is 3. The van der Waals surface area contributed by atoms with E-state index in [1.54, 1.807) is 0 Å². The summed E-state index contributed by atoms with van der Waals surface area (Å²) in [4.78, 5) is 12.0. The second kappa shape index (κ2) is 5.07. The number of nitrogens with one attached hydrogen (secondary N) is 3. The van der Waals surface area contributed by atoms with Crippen LogP contribution in [0.25, 0.3) is 0 Å². The van der Waals surface area contributed by atoms with E-state index in [9.17, 15) is 18.0 Å². The number of carbonyl (C=O) groups is 1. The van der Waals surface area contributed by atoms with Gasteiger partial charge in [0, 0.05) is 30.8 Å². The molecule has 2 aromatic rings. The molecule has 3 N–H and O–H groups in total. The number of amides is 1. The highest BCUT2D eigenvalue weighted by atomic mass is 32.1. The molecule has 3 rings (SSSR count). The van der Waals surface area contributed by atoms with E-state index in [2.05, 4.69) is 31.0 Å². The lowest BCUT2D eigenvalue weighted by Gasteiger charge is -2.12. The Morgan fingerprint density at radius 2 is 2.14 bits per heavy atom. The monoisotopic (exact) mass is 318 g/mol. The zero-order valence-corrected chi connectivity index (χ0v) is 11.2. The van der Waals surface area contributed by atoms with Crippen LogP contribution in [0.2, 0.25) is 0 Å². The lowest BCUT2D eigenvalue weighted by atomic mass is 10.1. The highest BCUT2D eigenvalue weighted by Crippen LogP contribution is 2.33. The Bertz CT molecular complexity index is 679. The number of fused-ring (bicyclic) bond motifs is 1. The molecular formula is C10H9F3N6OS. The van der Waals surface area contributed by atoms with Crippen molar-refractivity contribution in [2.45, 2.75) is 19.1 Å². The maximum atomic E-state index is 12.4. The summed E-state index contributed by atoms with van der Waals surface area (Å²) in [6.45, 7) is 1.26. The van der Waals surface area contributed by atoms with E-state index < -0.39 is 17.1 Å². The van der Waals surface area contributed by atoms with Gasteiger partial charge in [-0.25, -0.2) is 0 Å². The molecule has 0 saturated carbocycles. The van der Waals surface area contributed by atoms with E-state index in [-0.39, 0.29) is 22.2 Å². The molecule has 21 heavy (non-hydrogen) atoms. The van der Waals surface area contributed by atoms with Gasteiger partial charge in [0.1, 0.15) is 0 Å². The molecular weight excluding hydrogens is 309 g/mol. The van der Waals surface area contributed by atoms with Crippen molar-refractivity contribution >= 4 is 22.4 Å². The standard InChI is InChI=1S/C10H9F3N6OS/c11-10(12,13)8-18-19-9(21-8)15-7(20)6-4-3-14-2-1-5(4)16-17-6/h14H,1-3H2,(H,16,17)(H,15,19,20). The number of nitrogens with zero attached hydrogens (tertiary/aromatic N) is 3. The highest BCUT2D eigenvalue weighted by Gasteiger charge is 2.36. The van der Waals surface area contributed by atoms with Crippen LogP contribution in [0.4, 0.5) is 18.3 Å². The Labute approximate surface area is 120 Å². The van der Waals surface area contributed by atoms with Crippen LogP contribution < -0.4 is 10.6 Å². The maximum Gasteiger partial charge on any atom is 0.445 e. The largest absolute Gasteiger partial charge is 0.445 e. The molecule has 3 heterocycles. The van der Waals surface area contributed by atoms with Gasteiger partial charge in [0.25, 0.3) is 5.91 Å². The van der Waals surface area contributed by atoms with Gasteiger partial charge in [-0.2, -0.15) is 18.3 Å². The molecule has 0 aromatic carbocycles. The van der Waals surface area contributed by atoms with Crippen LogP contribution in [-0.2, 0) is 19.1 Å². The topological polar surface area (TPSA) is 95.6 Å². The van der Waals surface area contributed by atoms with Crippen molar-refractivity contribution in [2.24, 2.45) is 0 Å². The fraction of sp³-hybridized carbons (Fsp3) is 0.400. The van der Waals surface area contributed by atoms with E-state index in [0.29, 0.717) is 13.0 Å². The average molecular weight is 318 g/mol. The van der Waals surface area contributed by atoms with Crippen LogP contribution in [0.1, 0.15) is 26.8 Å². The summed E-state index contributed by atoms with van der Waals surface area (Å²) < 4.78 is 37.2. The number of rotatable bonds is 2. The molecule has 0 saturated heterocycles. The van der Waals surface area contributed by atoms with Crippen LogP contribution in [0.3, 0.4) is 0 Å². The van der Waals surface area contributed by atoms with Crippen molar-refractivity contribution in [3.05, 3.63) is 22.0 Å². The normalized spacial score (nSPS) is 14.8. The van der Waals surface area contributed by atoms with Gasteiger partial charge >= 0.3 is 6.18 Å². The van der Waals surface area contributed by atoms with Gasteiger partial charge in [0.2, 0.25) is 10.1 Å². The summed E-state index contributed by atoms with van der Waals surface area (Å²) in [5, 5.41) is 17.0. The summed E-state index contributed by atoms with van der Waals surface area (Å²) in [6.07, 6.45) is -3.86. The van der Waals surface area contributed by atoms with E-state index in [0.717, 1.165) is 17.8 Å². The second-order valence-electron chi connectivity index (χ2n) is 4.32. The van der Waals surface area contributed by atoms with Gasteiger partial charge in [-0.3, -0.25) is 15.2 Å². The van der Waals surface area contributed by atoms with Crippen molar-refractivity contribution in [1.29, 1.82) is 0 Å². The SMILES string of the molecule is O=C(Nc1nnc(C(F)(F)F)s1)c1n[nH]c2c1CNCC2. The van der Waals surface area contributed by atoms with Crippen molar-refractivity contribution < 1.29 is 18.0 Å². The van der Waals surface area contributed by atoms with Gasteiger partial charge in [0.05, 0.1) is 0 Å². The molecule has 0 unspecified atom stereocenters. The predicted molar refractivity (Wildman–Crippen MR) is 66.9 cm³/mol. The summed E-state index contributed by atoms with van der Waals surface area (Å²) >= 11 is 0.270. The first-order chi connectivity index (χ1) is 9.95. The minimum atomic E-state index is -4.57. The highest BCUT2D eigenvalue weighted by molar-refractivity contribution is 7.15.